The molecule has 0 bridgehead atoms. The number of nitrogens with zero attached hydrogens (tertiary/aromatic N) is 1. The Hall–Kier alpha value is -3.01. The van der Waals surface area contributed by atoms with Crippen LogP contribution in [0.4, 0.5) is 27.6 Å². The van der Waals surface area contributed by atoms with Crippen LogP contribution in [0.5, 0.6) is 0 Å². The molecule has 2 N–H and O–H groups in total. The minimum atomic E-state index is -4.25. The third-order valence-corrected chi connectivity index (χ3v) is 5.06. The topological polar surface area (TPSA) is 69.6 Å². The molecule has 1 aliphatic rings. The molecule has 3 rings (SSSR count). The molecule has 2 aromatic carbocycles. The number of rotatable bonds is 4. The number of nitrogens with one attached hydrogen (secondary N) is 1. The van der Waals surface area contributed by atoms with Gasteiger partial charge in [-0.15, -0.1) is 0 Å². The summed E-state index contributed by atoms with van der Waals surface area (Å²) in [6.07, 6.45) is -0.442. The number of piperidine rings is 1. The fourth-order valence-corrected chi connectivity index (χ4v) is 3.29. The lowest BCUT2D eigenvalue weighted by molar-refractivity contribution is -0.161. The number of likely N-dealkylation sites (tertiary alicyclic amines) is 1. The van der Waals surface area contributed by atoms with Gasteiger partial charge < -0.3 is 15.3 Å². The van der Waals surface area contributed by atoms with E-state index in [4.69, 9.17) is 0 Å². The maximum atomic E-state index is 14.8. The second kappa shape index (κ2) is 8.62. The van der Waals surface area contributed by atoms with Crippen molar-refractivity contribution in [3.63, 3.8) is 0 Å². The lowest BCUT2D eigenvalue weighted by Crippen LogP contribution is -2.47. The number of carbonyl (C=O) groups excluding carboxylic acids is 2. The standard InChI is InChI=1S/C21H19F5N2O3/c1-11-8-13(10-17(23)18(11)24)27-19(30)12-2-3-16(22)15(9-12)21(25,26)20(31)28-6-4-14(29)5-7-28/h2-3,8-10,14,29H,4-7H2,1H3,(H,27,30). The van der Waals surface area contributed by atoms with E-state index in [0.29, 0.717) is 18.2 Å². The highest BCUT2D eigenvalue weighted by Gasteiger charge is 2.46. The fraction of sp³-hybridized carbons (Fsp3) is 0.333. The van der Waals surface area contributed by atoms with Crippen LogP contribution in [0.25, 0.3) is 0 Å². The number of carbonyl (C=O) groups is 2. The first-order valence-electron chi connectivity index (χ1n) is 9.43. The molecular weight excluding hydrogens is 423 g/mol. The Balaban J connectivity index is 1.85. The molecule has 2 aromatic rings. The van der Waals surface area contributed by atoms with Gasteiger partial charge in [-0.1, -0.05) is 0 Å². The third kappa shape index (κ3) is 4.68. The van der Waals surface area contributed by atoms with Gasteiger partial charge >= 0.3 is 5.92 Å². The summed E-state index contributed by atoms with van der Waals surface area (Å²) < 4.78 is 70.7. The molecule has 1 aliphatic heterocycles. The maximum Gasteiger partial charge on any atom is 0.352 e. The van der Waals surface area contributed by atoms with E-state index < -0.39 is 52.4 Å². The van der Waals surface area contributed by atoms with Gasteiger partial charge in [0.15, 0.2) is 11.6 Å². The highest BCUT2D eigenvalue weighted by molar-refractivity contribution is 6.04. The minimum Gasteiger partial charge on any atom is -0.393 e. The number of benzene rings is 2. The van der Waals surface area contributed by atoms with Gasteiger partial charge in [0, 0.05) is 30.4 Å². The van der Waals surface area contributed by atoms with E-state index in [1.165, 1.54) is 6.92 Å². The van der Waals surface area contributed by atoms with Crippen molar-refractivity contribution in [3.05, 3.63) is 64.5 Å². The quantitative estimate of drug-likeness (QED) is 0.709. The van der Waals surface area contributed by atoms with E-state index in [1.807, 2.05) is 0 Å². The summed E-state index contributed by atoms with van der Waals surface area (Å²) in [5, 5.41) is 11.7. The first-order chi connectivity index (χ1) is 14.5. The first kappa shape index (κ1) is 22.7. The number of hydrogen-bond donors (Lipinski definition) is 2. The normalized spacial score (nSPS) is 15.1. The molecule has 0 spiro atoms. The Morgan fingerprint density at radius 2 is 1.71 bits per heavy atom. The average Bonchev–Trinajstić information content (AvgIpc) is 2.72. The van der Waals surface area contributed by atoms with Crippen LogP contribution in [-0.2, 0) is 10.7 Å². The second-order valence-corrected chi connectivity index (χ2v) is 7.34. The lowest BCUT2D eigenvalue weighted by Gasteiger charge is -2.32. The fourth-order valence-electron chi connectivity index (χ4n) is 3.29. The van der Waals surface area contributed by atoms with Crippen molar-refractivity contribution < 1.29 is 36.6 Å². The van der Waals surface area contributed by atoms with Crippen molar-refractivity contribution in [2.45, 2.75) is 31.8 Å². The monoisotopic (exact) mass is 442 g/mol. The van der Waals surface area contributed by atoms with Gasteiger partial charge in [-0.05, 0) is 49.6 Å². The van der Waals surface area contributed by atoms with E-state index in [-0.39, 0.29) is 37.2 Å². The zero-order valence-corrected chi connectivity index (χ0v) is 16.4. The Bertz CT molecular complexity index is 997. The van der Waals surface area contributed by atoms with Gasteiger partial charge in [0.05, 0.1) is 11.7 Å². The SMILES string of the molecule is Cc1cc(NC(=O)c2ccc(F)c(C(F)(F)C(=O)N3CCC(O)CC3)c2)cc(F)c1F. The maximum absolute atomic E-state index is 14.8. The Kier molecular flexibility index (Phi) is 6.30. The largest absolute Gasteiger partial charge is 0.393 e. The molecule has 0 aliphatic carbocycles. The number of alkyl halides is 2. The van der Waals surface area contributed by atoms with Crippen LogP contribution < -0.4 is 5.32 Å². The van der Waals surface area contributed by atoms with Crippen molar-refractivity contribution >= 4 is 17.5 Å². The molecule has 0 atom stereocenters. The molecule has 2 amide bonds. The van der Waals surface area contributed by atoms with E-state index in [0.717, 1.165) is 17.0 Å². The molecule has 1 fully saturated rings. The number of aliphatic hydroxyl groups is 1. The van der Waals surface area contributed by atoms with Crippen LogP contribution in [0.3, 0.4) is 0 Å². The average molecular weight is 442 g/mol. The van der Waals surface area contributed by atoms with E-state index in [2.05, 4.69) is 5.32 Å². The summed E-state index contributed by atoms with van der Waals surface area (Å²) in [4.78, 5) is 25.5. The van der Waals surface area contributed by atoms with Gasteiger partial charge in [0.25, 0.3) is 11.8 Å². The minimum absolute atomic E-state index is 0.0844. The van der Waals surface area contributed by atoms with Crippen LogP contribution in [0, 0.1) is 24.4 Å². The molecule has 0 aromatic heterocycles. The first-order valence-corrected chi connectivity index (χ1v) is 9.43. The number of aliphatic hydroxyl groups excluding tert-OH is 1. The van der Waals surface area contributed by atoms with Crippen molar-refractivity contribution in [2.24, 2.45) is 0 Å². The predicted molar refractivity (Wildman–Crippen MR) is 101 cm³/mol. The molecule has 0 saturated carbocycles. The molecule has 0 radical (unpaired) electrons. The number of halogens is 5. The predicted octanol–water partition coefficient (Wildman–Crippen LogP) is 3.74. The van der Waals surface area contributed by atoms with Gasteiger partial charge in [-0.2, -0.15) is 8.78 Å². The van der Waals surface area contributed by atoms with Gasteiger partial charge in [-0.25, -0.2) is 13.2 Å². The molecule has 0 unspecified atom stereocenters. The Labute approximate surface area is 174 Å². The number of anilines is 1. The smallest absolute Gasteiger partial charge is 0.352 e. The zero-order valence-electron chi connectivity index (χ0n) is 16.4. The van der Waals surface area contributed by atoms with Crippen LogP contribution in [0.15, 0.2) is 30.3 Å². The molecular formula is C21H19F5N2O3. The van der Waals surface area contributed by atoms with Crippen molar-refractivity contribution in [1.82, 2.24) is 4.90 Å². The Morgan fingerprint density at radius 3 is 2.32 bits per heavy atom. The van der Waals surface area contributed by atoms with Crippen LogP contribution in [0.1, 0.15) is 34.3 Å². The Morgan fingerprint density at radius 1 is 1.06 bits per heavy atom. The lowest BCUT2D eigenvalue weighted by atomic mass is 10.0. The molecule has 166 valence electrons. The van der Waals surface area contributed by atoms with Crippen LogP contribution >= 0.6 is 0 Å². The number of amides is 2. The summed E-state index contributed by atoms with van der Waals surface area (Å²) in [6, 6.07) is 3.96. The van der Waals surface area contributed by atoms with E-state index >= 15 is 0 Å². The molecule has 1 heterocycles. The third-order valence-electron chi connectivity index (χ3n) is 5.06. The van der Waals surface area contributed by atoms with Gasteiger partial charge in [0.2, 0.25) is 0 Å². The number of aryl methyl sites for hydroxylation is 1. The molecule has 1 saturated heterocycles. The van der Waals surface area contributed by atoms with E-state index in [9.17, 15) is 36.6 Å². The summed E-state index contributed by atoms with van der Waals surface area (Å²) in [6.45, 7) is 1.07. The molecule has 31 heavy (non-hydrogen) atoms. The van der Waals surface area contributed by atoms with Crippen molar-refractivity contribution in [3.8, 4) is 0 Å². The summed E-state index contributed by atoms with van der Waals surface area (Å²) >= 11 is 0. The van der Waals surface area contributed by atoms with Crippen LogP contribution in [0.2, 0.25) is 0 Å². The van der Waals surface area contributed by atoms with Crippen LogP contribution in [-0.4, -0.2) is 41.0 Å². The summed E-state index contributed by atoms with van der Waals surface area (Å²) in [5.74, 6) is -10.5. The van der Waals surface area contributed by atoms with E-state index in [1.54, 1.807) is 0 Å². The highest BCUT2D eigenvalue weighted by Crippen LogP contribution is 2.34. The summed E-state index contributed by atoms with van der Waals surface area (Å²) in [7, 11) is 0. The highest BCUT2D eigenvalue weighted by atomic mass is 19.3. The number of hydrogen-bond acceptors (Lipinski definition) is 3. The van der Waals surface area contributed by atoms with Crippen molar-refractivity contribution in [2.75, 3.05) is 18.4 Å². The zero-order chi connectivity index (χ0) is 22.9. The van der Waals surface area contributed by atoms with Gasteiger partial charge in [0.1, 0.15) is 5.82 Å². The molecule has 5 nitrogen and oxygen atoms in total. The second-order valence-electron chi connectivity index (χ2n) is 7.34. The van der Waals surface area contributed by atoms with Crippen molar-refractivity contribution in [1.29, 1.82) is 0 Å². The van der Waals surface area contributed by atoms with Gasteiger partial charge in [-0.3, -0.25) is 9.59 Å². The molecule has 10 heteroatoms. The summed E-state index contributed by atoms with van der Waals surface area (Å²) in [5.41, 5.74) is -1.89.